The second kappa shape index (κ2) is 7.25. The van der Waals surface area contributed by atoms with Gasteiger partial charge in [-0.2, -0.15) is 0 Å². The highest BCUT2D eigenvalue weighted by Gasteiger charge is 2.62. The molecule has 3 saturated carbocycles. The van der Waals surface area contributed by atoms with Gasteiger partial charge in [0.1, 0.15) is 12.2 Å². The highest BCUT2D eigenvalue weighted by Crippen LogP contribution is 2.64. The first-order chi connectivity index (χ1) is 13.0. The van der Waals surface area contributed by atoms with Crippen molar-refractivity contribution in [2.24, 2.45) is 29.1 Å². The van der Waals surface area contributed by atoms with Crippen LogP contribution in [0.25, 0.3) is 0 Å². The molecule has 7 atom stereocenters. The number of rotatable bonds is 3. The van der Waals surface area contributed by atoms with Crippen LogP contribution in [0, 0.1) is 29.1 Å². The van der Waals surface area contributed by atoms with Gasteiger partial charge in [0.2, 0.25) is 0 Å². The fourth-order valence-electron chi connectivity index (χ4n) is 7.44. The number of esters is 2. The summed E-state index contributed by atoms with van der Waals surface area (Å²) < 4.78 is 11.8. The van der Waals surface area contributed by atoms with Gasteiger partial charge in [0, 0.05) is 25.2 Å². The van der Waals surface area contributed by atoms with Crippen LogP contribution in [0.2, 0.25) is 0 Å². The molecule has 150 valence electrons. The molecule has 0 bridgehead atoms. The molecule has 0 aromatic rings. The van der Waals surface area contributed by atoms with E-state index in [-0.39, 0.29) is 29.6 Å². The quantitative estimate of drug-likeness (QED) is 0.525. The molecule has 0 aromatic heterocycles. The highest BCUT2D eigenvalue weighted by molar-refractivity contribution is 5.66. The van der Waals surface area contributed by atoms with E-state index in [1.165, 1.54) is 39.0 Å². The zero-order chi connectivity index (χ0) is 19.2. The van der Waals surface area contributed by atoms with Crippen LogP contribution in [0.15, 0.2) is 11.6 Å². The van der Waals surface area contributed by atoms with E-state index in [0.29, 0.717) is 23.7 Å². The average molecular weight is 375 g/mol. The second-order valence-corrected chi connectivity index (χ2v) is 9.32. The van der Waals surface area contributed by atoms with Gasteiger partial charge in [-0.05, 0) is 75.5 Å². The maximum absolute atomic E-state index is 12.0. The van der Waals surface area contributed by atoms with Crippen LogP contribution < -0.4 is 0 Å². The number of allylic oxidation sites excluding steroid dienone is 2. The number of hydrogen-bond acceptors (Lipinski definition) is 4. The zero-order valence-electron chi connectivity index (χ0n) is 17.0. The maximum atomic E-state index is 12.0. The Kier molecular flexibility index (Phi) is 5.11. The van der Waals surface area contributed by atoms with E-state index < -0.39 is 0 Å². The van der Waals surface area contributed by atoms with Crippen LogP contribution in [-0.2, 0) is 19.1 Å². The molecule has 4 heteroatoms. The molecule has 7 unspecified atom stereocenters. The van der Waals surface area contributed by atoms with Gasteiger partial charge in [-0.25, -0.2) is 0 Å². The van der Waals surface area contributed by atoms with Crippen molar-refractivity contribution in [3.63, 3.8) is 0 Å². The lowest BCUT2D eigenvalue weighted by Crippen LogP contribution is -2.56. The SMILES string of the molecule is CCC12CC(OC(C)=O)C3C4CCCC=C4CCC3C1CCC2OC(C)=O. The molecule has 4 aliphatic carbocycles. The van der Waals surface area contributed by atoms with Gasteiger partial charge < -0.3 is 9.47 Å². The topological polar surface area (TPSA) is 52.6 Å². The van der Waals surface area contributed by atoms with Gasteiger partial charge in [-0.1, -0.05) is 18.6 Å². The molecule has 0 radical (unpaired) electrons. The van der Waals surface area contributed by atoms with E-state index >= 15 is 0 Å². The molecule has 0 heterocycles. The highest BCUT2D eigenvalue weighted by atomic mass is 16.5. The van der Waals surface area contributed by atoms with Gasteiger partial charge in [0.15, 0.2) is 0 Å². The predicted molar refractivity (Wildman–Crippen MR) is 103 cm³/mol. The number of fused-ring (bicyclic) bond motifs is 5. The third-order valence-corrected chi connectivity index (χ3v) is 8.26. The summed E-state index contributed by atoms with van der Waals surface area (Å²) in [6, 6.07) is 0. The molecular formula is C23H34O4. The van der Waals surface area contributed by atoms with Gasteiger partial charge in [-0.3, -0.25) is 9.59 Å². The summed E-state index contributed by atoms with van der Waals surface area (Å²) in [5, 5.41) is 0. The second-order valence-electron chi connectivity index (χ2n) is 9.32. The summed E-state index contributed by atoms with van der Waals surface area (Å²) >= 11 is 0. The van der Waals surface area contributed by atoms with Crippen LogP contribution in [0.4, 0.5) is 0 Å². The van der Waals surface area contributed by atoms with Crippen molar-refractivity contribution >= 4 is 11.9 Å². The lowest BCUT2D eigenvalue weighted by molar-refractivity contribution is -0.182. The summed E-state index contributed by atoms with van der Waals surface area (Å²) in [7, 11) is 0. The van der Waals surface area contributed by atoms with Crippen molar-refractivity contribution in [3.8, 4) is 0 Å². The summed E-state index contributed by atoms with van der Waals surface area (Å²) in [5.41, 5.74) is 1.60. The molecule has 4 rings (SSSR count). The molecule has 0 aliphatic heterocycles. The van der Waals surface area contributed by atoms with Crippen LogP contribution in [0.5, 0.6) is 0 Å². The number of ether oxygens (including phenoxy) is 2. The molecule has 4 nitrogen and oxygen atoms in total. The lowest BCUT2D eigenvalue weighted by Gasteiger charge is -2.57. The Bertz CT molecular complexity index is 638. The van der Waals surface area contributed by atoms with E-state index in [9.17, 15) is 9.59 Å². The minimum atomic E-state index is -0.180. The van der Waals surface area contributed by atoms with Crippen molar-refractivity contribution in [3.05, 3.63) is 11.6 Å². The van der Waals surface area contributed by atoms with Gasteiger partial charge in [-0.15, -0.1) is 0 Å². The first-order valence-electron chi connectivity index (χ1n) is 11.0. The zero-order valence-corrected chi connectivity index (χ0v) is 17.0. The summed E-state index contributed by atoms with van der Waals surface area (Å²) in [6.07, 6.45) is 12.5. The molecule has 0 amide bonds. The van der Waals surface area contributed by atoms with E-state index in [1.54, 1.807) is 12.5 Å². The number of carbonyl (C=O) groups is 2. The Morgan fingerprint density at radius 1 is 1.11 bits per heavy atom. The molecule has 3 fully saturated rings. The smallest absolute Gasteiger partial charge is 0.302 e. The Morgan fingerprint density at radius 2 is 1.89 bits per heavy atom. The van der Waals surface area contributed by atoms with Gasteiger partial charge in [0.25, 0.3) is 0 Å². The van der Waals surface area contributed by atoms with Gasteiger partial charge >= 0.3 is 11.9 Å². The standard InChI is InChI=1S/C23H34O4/c1-4-23-13-20(26-14(2)24)22-17-8-6-5-7-16(17)9-10-18(22)19(23)11-12-21(23)27-15(3)25/h7,17-22H,4-6,8-13H2,1-3H3. The Balaban J connectivity index is 1.71. The molecule has 0 spiro atoms. The van der Waals surface area contributed by atoms with Crippen molar-refractivity contribution in [2.75, 3.05) is 0 Å². The Hall–Kier alpha value is -1.32. The fraction of sp³-hybridized carbons (Fsp3) is 0.826. The largest absolute Gasteiger partial charge is 0.462 e. The van der Waals surface area contributed by atoms with Crippen molar-refractivity contribution in [1.29, 1.82) is 0 Å². The third kappa shape index (κ3) is 3.13. The minimum absolute atomic E-state index is 0.0210. The van der Waals surface area contributed by atoms with Crippen LogP contribution >= 0.6 is 0 Å². The van der Waals surface area contributed by atoms with Crippen LogP contribution in [0.1, 0.15) is 78.6 Å². The first kappa shape index (κ1) is 19.0. The van der Waals surface area contributed by atoms with Crippen LogP contribution in [0.3, 0.4) is 0 Å². The molecule has 0 N–H and O–H groups in total. The van der Waals surface area contributed by atoms with E-state index in [0.717, 1.165) is 25.7 Å². The van der Waals surface area contributed by atoms with Crippen molar-refractivity contribution in [1.82, 2.24) is 0 Å². The normalized spacial score (nSPS) is 43.0. The average Bonchev–Trinajstić information content (AvgIpc) is 2.99. The van der Waals surface area contributed by atoms with E-state index in [2.05, 4.69) is 13.0 Å². The van der Waals surface area contributed by atoms with E-state index in [4.69, 9.17) is 9.47 Å². The Morgan fingerprint density at radius 3 is 2.59 bits per heavy atom. The van der Waals surface area contributed by atoms with E-state index in [1.807, 2.05) is 0 Å². The number of carbonyl (C=O) groups excluding carboxylic acids is 2. The van der Waals surface area contributed by atoms with Gasteiger partial charge in [0.05, 0.1) is 0 Å². The van der Waals surface area contributed by atoms with Crippen LogP contribution in [-0.4, -0.2) is 24.1 Å². The molecule has 0 saturated heterocycles. The molecule has 27 heavy (non-hydrogen) atoms. The molecule has 0 aromatic carbocycles. The van der Waals surface area contributed by atoms with Crippen molar-refractivity contribution < 1.29 is 19.1 Å². The Labute approximate surface area is 163 Å². The lowest BCUT2D eigenvalue weighted by atomic mass is 9.50. The molecule has 4 aliphatic rings. The maximum Gasteiger partial charge on any atom is 0.302 e. The fourth-order valence-corrected chi connectivity index (χ4v) is 7.44. The van der Waals surface area contributed by atoms with Crippen molar-refractivity contribution in [2.45, 2.75) is 90.8 Å². The summed E-state index contributed by atoms with van der Waals surface area (Å²) in [4.78, 5) is 23.7. The minimum Gasteiger partial charge on any atom is -0.462 e. The predicted octanol–water partition coefficient (Wildman–Crippen LogP) is 4.81. The first-order valence-corrected chi connectivity index (χ1v) is 11.0. The summed E-state index contributed by atoms with van der Waals surface area (Å²) in [5.74, 6) is 1.87. The monoisotopic (exact) mass is 374 g/mol. The summed E-state index contributed by atoms with van der Waals surface area (Å²) in [6.45, 7) is 5.29. The third-order valence-electron chi connectivity index (χ3n) is 8.26. The molecular weight excluding hydrogens is 340 g/mol. The number of hydrogen-bond donors (Lipinski definition) is 0.